The number of rotatable bonds is 2. The van der Waals surface area contributed by atoms with Crippen LogP contribution in [0, 0.1) is 6.92 Å². The maximum atomic E-state index is 3.98. The average Bonchev–Trinajstić information content (AvgIpc) is 2.51. The van der Waals surface area contributed by atoms with E-state index in [9.17, 15) is 0 Å². The lowest BCUT2D eigenvalue weighted by molar-refractivity contribution is 1.05. The molecule has 72 valence electrons. The first-order valence-electron chi connectivity index (χ1n) is 4.07. The minimum Gasteiger partial charge on any atom is -0.330 e. The van der Waals surface area contributed by atoms with E-state index in [2.05, 4.69) is 31.4 Å². The fraction of sp³-hybridized carbons (Fsp3) is 0.111. The second-order valence-electron chi connectivity index (χ2n) is 2.76. The Morgan fingerprint density at radius 3 is 2.86 bits per heavy atom. The topological polar surface area (TPSA) is 37.8 Å². The third kappa shape index (κ3) is 2.30. The van der Waals surface area contributed by atoms with Crippen molar-refractivity contribution in [1.82, 2.24) is 10.2 Å². The zero-order chi connectivity index (χ0) is 9.97. The molecule has 1 aromatic carbocycles. The highest BCUT2D eigenvalue weighted by Gasteiger charge is 2.00. The molecule has 0 saturated carbocycles. The molecule has 0 fully saturated rings. The van der Waals surface area contributed by atoms with Crippen LogP contribution in [-0.4, -0.2) is 10.2 Å². The van der Waals surface area contributed by atoms with Crippen LogP contribution in [0.5, 0.6) is 0 Å². The molecule has 14 heavy (non-hydrogen) atoms. The van der Waals surface area contributed by atoms with Crippen molar-refractivity contribution >= 4 is 38.1 Å². The summed E-state index contributed by atoms with van der Waals surface area (Å²) < 4.78 is 1.05. The summed E-state index contributed by atoms with van der Waals surface area (Å²) in [7, 11) is 0. The molecule has 3 nitrogen and oxygen atoms in total. The third-order valence-corrected chi connectivity index (χ3v) is 2.85. The lowest BCUT2D eigenvalue weighted by atomic mass is 10.3. The summed E-state index contributed by atoms with van der Waals surface area (Å²) in [4.78, 5) is 0. The zero-order valence-corrected chi connectivity index (χ0v) is 9.89. The summed E-state index contributed by atoms with van der Waals surface area (Å²) in [6.45, 7) is 1.93. The van der Waals surface area contributed by atoms with Gasteiger partial charge in [0.15, 0.2) is 0 Å². The number of halogens is 1. The largest absolute Gasteiger partial charge is 0.330 e. The Morgan fingerprint density at radius 2 is 2.21 bits per heavy atom. The van der Waals surface area contributed by atoms with Gasteiger partial charge in [-0.3, -0.25) is 0 Å². The molecule has 0 saturated heterocycles. The number of anilines is 2. The van der Waals surface area contributed by atoms with Crippen molar-refractivity contribution in [1.29, 1.82) is 0 Å². The minimum absolute atomic E-state index is 0.820. The van der Waals surface area contributed by atoms with Crippen LogP contribution in [0.3, 0.4) is 0 Å². The average molecular weight is 270 g/mol. The molecule has 1 heterocycles. The first kappa shape index (κ1) is 9.61. The van der Waals surface area contributed by atoms with Gasteiger partial charge in [-0.25, -0.2) is 0 Å². The minimum atomic E-state index is 0.820. The van der Waals surface area contributed by atoms with Crippen LogP contribution in [0.1, 0.15) is 5.01 Å². The quantitative estimate of drug-likeness (QED) is 0.909. The van der Waals surface area contributed by atoms with Gasteiger partial charge >= 0.3 is 0 Å². The van der Waals surface area contributed by atoms with Gasteiger partial charge in [0.1, 0.15) is 5.01 Å². The maximum Gasteiger partial charge on any atom is 0.210 e. The summed E-state index contributed by atoms with van der Waals surface area (Å²) in [6, 6.07) is 7.94. The van der Waals surface area contributed by atoms with E-state index in [1.807, 2.05) is 31.2 Å². The van der Waals surface area contributed by atoms with Gasteiger partial charge in [0.05, 0.1) is 0 Å². The maximum absolute atomic E-state index is 3.98. The summed E-state index contributed by atoms with van der Waals surface area (Å²) in [5.74, 6) is 0. The van der Waals surface area contributed by atoms with E-state index < -0.39 is 0 Å². The van der Waals surface area contributed by atoms with Crippen LogP contribution in [0.4, 0.5) is 10.8 Å². The number of nitrogens with zero attached hydrogens (tertiary/aromatic N) is 2. The molecule has 2 rings (SSSR count). The fourth-order valence-corrected chi connectivity index (χ4v) is 2.05. The molecule has 0 unspecified atom stereocenters. The smallest absolute Gasteiger partial charge is 0.210 e. The second-order valence-corrected chi connectivity index (χ2v) is 4.86. The van der Waals surface area contributed by atoms with E-state index >= 15 is 0 Å². The first-order valence-corrected chi connectivity index (χ1v) is 5.68. The molecule has 0 aliphatic heterocycles. The van der Waals surface area contributed by atoms with Gasteiger partial charge in [-0.1, -0.05) is 33.3 Å². The van der Waals surface area contributed by atoms with E-state index in [1.165, 1.54) is 11.3 Å². The Labute approximate surface area is 94.3 Å². The molecule has 1 aromatic heterocycles. The molecule has 0 spiro atoms. The Hall–Kier alpha value is -0.940. The number of aryl methyl sites for hydroxylation is 1. The molecule has 2 aromatic rings. The van der Waals surface area contributed by atoms with Crippen molar-refractivity contribution in [3.8, 4) is 0 Å². The number of benzene rings is 1. The van der Waals surface area contributed by atoms with E-state index in [1.54, 1.807) is 0 Å². The molecule has 0 aliphatic rings. The van der Waals surface area contributed by atoms with Crippen molar-refractivity contribution < 1.29 is 0 Å². The van der Waals surface area contributed by atoms with E-state index in [-0.39, 0.29) is 0 Å². The summed E-state index contributed by atoms with van der Waals surface area (Å²) >= 11 is 4.95. The molecule has 0 bridgehead atoms. The number of aromatic nitrogens is 2. The van der Waals surface area contributed by atoms with Gasteiger partial charge in [-0.15, -0.1) is 10.2 Å². The standard InChI is InChI=1S/C9H8BrN3S/c1-6-12-13-9(14-6)11-8-4-2-3-7(10)5-8/h2-5H,1H3,(H,11,13). The SMILES string of the molecule is Cc1nnc(Nc2cccc(Br)c2)s1. The second kappa shape index (κ2) is 4.06. The van der Waals surface area contributed by atoms with Crippen molar-refractivity contribution in [2.45, 2.75) is 6.92 Å². The lowest BCUT2D eigenvalue weighted by Gasteiger charge is -2.00. The lowest BCUT2D eigenvalue weighted by Crippen LogP contribution is -1.88. The number of nitrogens with one attached hydrogen (secondary N) is 1. The molecule has 0 atom stereocenters. The summed E-state index contributed by atoms with van der Waals surface area (Å²) in [5.41, 5.74) is 1.01. The fourth-order valence-electron chi connectivity index (χ4n) is 1.04. The normalized spacial score (nSPS) is 10.1. The summed E-state index contributed by atoms with van der Waals surface area (Å²) in [5, 5.41) is 12.9. The highest BCUT2D eigenvalue weighted by Crippen LogP contribution is 2.22. The van der Waals surface area contributed by atoms with Crippen LogP contribution in [0.15, 0.2) is 28.7 Å². The highest BCUT2D eigenvalue weighted by molar-refractivity contribution is 9.10. The molecule has 0 radical (unpaired) electrons. The summed E-state index contributed by atoms with van der Waals surface area (Å²) in [6.07, 6.45) is 0. The van der Waals surface area contributed by atoms with E-state index in [0.29, 0.717) is 0 Å². The predicted molar refractivity (Wildman–Crippen MR) is 62.1 cm³/mol. The molecule has 5 heteroatoms. The molecule has 1 N–H and O–H groups in total. The Balaban J connectivity index is 2.18. The van der Waals surface area contributed by atoms with Gasteiger partial charge < -0.3 is 5.32 Å². The van der Waals surface area contributed by atoms with Gasteiger partial charge in [-0.2, -0.15) is 0 Å². The molecule has 0 amide bonds. The van der Waals surface area contributed by atoms with Crippen molar-refractivity contribution in [3.63, 3.8) is 0 Å². The Bertz CT molecular complexity index is 441. The molecular formula is C9H8BrN3S. The van der Waals surface area contributed by atoms with E-state index in [0.717, 1.165) is 20.3 Å². The predicted octanol–water partition coefficient (Wildman–Crippen LogP) is 3.35. The van der Waals surface area contributed by atoms with Gasteiger partial charge in [0.2, 0.25) is 5.13 Å². The Kier molecular flexibility index (Phi) is 2.79. The van der Waals surface area contributed by atoms with Crippen molar-refractivity contribution in [2.75, 3.05) is 5.32 Å². The molecule has 0 aliphatic carbocycles. The van der Waals surface area contributed by atoms with Crippen LogP contribution < -0.4 is 5.32 Å². The number of hydrogen-bond acceptors (Lipinski definition) is 4. The van der Waals surface area contributed by atoms with Gasteiger partial charge in [0, 0.05) is 10.2 Å². The van der Waals surface area contributed by atoms with Crippen molar-refractivity contribution in [3.05, 3.63) is 33.7 Å². The zero-order valence-electron chi connectivity index (χ0n) is 7.49. The van der Waals surface area contributed by atoms with Crippen LogP contribution in [-0.2, 0) is 0 Å². The third-order valence-electron chi connectivity index (χ3n) is 1.60. The molecular weight excluding hydrogens is 262 g/mol. The van der Waals surface area contributed by atoms with Crippen LogP contribution in [0.25, 0.3) is 0 Å². The van der Waals surface area contributed by atoms with Crippen LogP contribution >= 0.6 is 27.3 Å². The van der Waals surface area contributed by atoms with Gasteiger partial charge in [0.25, 0.3) is 0 Å². The number of hydrogen-bond donors (Lipinski definition) is 1. The first-order chi connectivity index (χ1) is 6.74. The monoisotopic (exact) mass is 269 g/mol. The van der Waals surface area contributed by atoms with Gasteiger partial charge in [-0.05, 0) is 25.1 Å². The van der Waals surface area contributed by atoms with Crippen molar-refractivity contribution in [2.24, 2.45) is 0 Å². The van der Waals surface area contributed by atoms with Crippen LogP contribution in [0.2, 0.25) is 0 Å². The van der Waals surface area contributed by atoms with E-state index in [4.69, 9.17) is 0 Å². The Morgan fingerprint density at radius 1 is 1.36 bits per heavy atom. The highest BCUT2D eigenvalue weighted by atomic mass is 79.9.